The highest BCUT2D eigenvalue weighted by Gasteiger charge is 2.27. The molecule has 2 aromatic rings. The predicted molar refractivity (Wildman–Crippen MR) is 137 cm³/mol. The number of hydrogen-bond acceptors (Lipinski definition) is 4. The summed E-state index contributed by atoms with van der Waals surface area (Å²) in [7, 11) is -3.55. The lowest BCUT2D eigenvalue weighted by molar-refractivity contribution is -0.140. The number of hydrogen-bond donors (Lipinski definition) is 1. The van der Waals surface area contributed by atoms with Crippen molar-refractivity contribution in [3.05, 3.63) is 65.5 Å². The van der Waals surface area contributed by atoms with E-state index in [1.165, 1.54) is 21.3 Å². The van der Waals surface area contributed by atoms with Gasteiger partial charge in [0.1, 0.15) is 11.9 Å². The van der Waals surface area contributed by atoms with Gasteiger partial charge in [-0.3, -0.25) is 13.9 Å². The second kappa shape index (κ2) is 12.7. The summed E-state index contributed by atoms with van der Waals surface area (Å²) in [6, 6.07) is 12.2. The van der Waals surface area contributed by atoms with Gasteiger partial charge in [-0.05, 0) is 62.9 Å². The van der Waals surface area contributed by atoms with E-state index in [0.29, 0.717) is 11.3 Å². The Labute approximate surface area is 208 Å². The summed E-state index contributed by atoms with van der Waals surface area (Å²) >= 11 is 0. The first-order chi connectivity index (χ1) is 16.4. The van der Waals surface area contributed by atoms with Crippen LogP contribution < -0.4 is 9.62 Å². The second-order valence-corrected chi connectivity index (χ2v) is 10.8. The molecule has 192 valence electrons. The molecule has 35 heavy (non-hydrogen) atoms. The molecule has 2 atom stereocenters. The molecule has 7 nitrogen and oxygen atoms in total. The lowest BCUT2D eigenvalue weighted by Gasteiger charge is -2.30. The molecule has 0 aliphatic rings. The number of nitrogens with one attached hydrogen (secondary N) is 1. The van der Waals surface area contributed by atoms with Crippen molar-refractivity contribution in [2.24, 2.45) is 0 Å². The fourth-order valence-corrected chi connectivity index (χ4v) is 4.68. The first-order valence-electron chi connectivity index (χ1n) is 11.8. The molecule has 0 fully saturated rings. The summed E-state index contributed by atoms with van der Waals surface area (Å²) < 4.78 is 39.5. The van der Waals surface area contributed by atoms with Gasteiger partial charge in [-0.15, -0.1) is 0 Å². The highest BCUT2D eigenvalue weighted by molar-refractivity contribution is 7.92. The van der Waals surface area contributed by atoms with E-state index in [2.05, 4.69) is 5.32 Å². The van der Waals surface area contributed by atoms with Gasteiger partial charge in [-0.2, -0.15) is 0 Å². The molecule has 2 aromatic carbocycles. The van der Waals surface area contributed by atoms with E-state index in [4.69, 9.17) is 0 Å². The number of carbonyl (C=O) groups is 2. The van der Waals surface area contributed by atoms with Crippen LogP contribution in [0.25, 0.3) is 0 Å². The van der Waals surface area contributed by atoms with E-state index in [1.54, 1.807) is 31.2 Å². The van der Waals surface area contributed by atoms with Gasteiger partial charge in [0.15, 0.2) is 0 Å². The highest BCUT2D eigenvalue weighted by atomic mass is 32.2. The molecule has 0 spiro atoms. The van der Waals surface area contributed by atoms with E-state index in [-0.39, 0.29) is 49.6 Å². The maximum Gasteiger partial charge on any atom is 0.242 e. The molecule has 0 bridgehead atoms. The number of aryl methyl sites for hydroxylation is 1. The SMILES string of the molecule is CCC(C)NC(=O)C(C)N(Cc1ccc(F)cc1)C(=O)CCCN(c1ccccc1C)S(C)(=O)=O. The van der Waals surface area contributed by atoms with Crippen LogP contribution in [-0.2, 0) is 26.2 Å². The number of anilines is 1. The average molecular weight is 506 g/mol. The summed E-state index contributed by atoms with van der Waals surface area (Å²) in [5.41, 5.74) is 2.09. The Morgan fingerprint density at radius 2 is 1.69 bits per heavy atom. The molecule has 0 aliphatic heterocycles. The molecule has 0 saturated heterocycles. The molecular weight excluding hydrogens is 469 g/mol. The van der Waals surface area contributed by atoms with Gasteiger partial charge in [0.25, 0.3) is 0 Å². The molecule has 0 aliphatic carbocycles. The molecule has 2 rings (SSSR count). The zero-order valence-electron chi connectivity index (χ0n) is 21.1. The molecule has 0 radical (unpaired) electrons. The number of halogens is 1. The molecule has 0 aromatic heterocycles. The van der Waals surface area contributed by atoms with E-state index in [9.17, 15) is 22.4 Å². The largest absolute Gasteiger partial charge is 0.352 e. The molecule has 0 saturated carbocycles. The van der Waals surface area contributed by atoms with E-state index in [1.807, 2.05) is 32.9 Å². The minimum atomic E-state index is -3.55. The van der Waals surface area contributed by atoms with Crippen molar-refractivity contribution in [1.29, 1.82) is 0 Å². The highest BCUT2D eigenvalue weighted by Crippen LogP contribution is 2.23. The van der Waals surface area contributed by atoms with Gasteiger partial charge in [-0.25, -0.2) is 12.8 Å². The first kappa shape index (κ1) is 28.3. The third-order valence-corrected chi connectivity index (χ3v) is 7.15. The number of carbonyl (C=O) groups excluding carboxylic acids is 2. The maximum atomic E-state index is 13.4. The number of sulfonamides is 1. The normalized spacial score (nSPS) is 13.1. The van der Waals surface area contributed by atoms with Gasteiger partial charge in [0.2, 0.25) is 21.8 Å². The van der Waals surface area contributed by atoms with Crippen molar-refractivity contribution < 1.29 is 22.4 Å². The molecule has 1 N–H and O–H groups in total. The predicted octanol–water partition coefficient (Wildman–Crippen LogP) is 4.01. The zero-order chi connectivity index (χ0) is 26.2. The quantitative estimate of drug-likeness (QED) is 0.472. The molecule has 2 unspecified atom stereocenters. The van der Waals surface area contributed by atoms with Gasteiger partial charge < -0.3 is 10.2 Å². The Kier molecular flexibility index (Phi) is 10.2. The Morgan fingerprint density at radius 3 is 2.26 bits per heavy atom. The fraction of sp³-hybridized carbons (Fsp3) is 0.462. The molecule has 0 heterocycles. The van der Waals surface area contributed by atoms with Crippen LogP contribution in [0.5, 0.6) is 0 Å². The van der Waals surface area contributed by atoms with Gasteiger partial charge >= 0.3 is 0 Å². The van der Waals surface area contributed by atoms with Crippen LogP contribution in [-0.4, -0.2) is 50.0 Å². The van der Waals surface area contributed by atoms with Crippen molar-refractivity contribution in [3.63, 3.8) is 0 Å². The van der Waals surface area contributed by atoms with Crippen molar-refractivity contribution in [3.8, 4) is 0 Å². The van der Waals surface area contributed by atoms with Crippen LogP contribution in [0.1, 0.15) is 51.2 Å². The summed E-state index contributed by atoms with van der Waals surface area (Å²) in [6.07, 6.45) is 2.23. The summed E-state index contributed by atoms with van der Waals surface area (Å²) in [4.78, 5) is 27.5. The average Bonchev–Trinajstić information content (AvgIpc) is 2.80. The van der Waals surface area contributed by atoms with Crippen LogP contribution >= 0.6 is 0 Å². The minimum absolute atomic E-state index is 0.0369. The fourth-order valence-electron chi connectivity index (χ4n) is 3.66. The van der Waals surface area contributed by atoms with Crippen molar-refractivity contribution in [1.82, 2.24) is 10.2 Å². The second-order valence-electron chi connectivity index (χ2n) is 8.87. The Bertz CT molecular complexity index is 1110. The van der Waals surface area contributed by atoms with Crippen molar-refractivity contribution in [2.45, 2.75) is 65.6 Å². The minimum Gasteiger partial charge on any atom is -0.352 e. The van der Waals surface area contributed by atoms with Crippen LogP contribution in [0.2, 0.25) is 0 Å². The van der Waals surface area contributed by atoms with Gasteiger partial charge in [0.05, 0.1) is 11.9 Å². The maximum absolute atomic E-state index is 13.4. The molecule has 9 heteroatoms. The topological polar surface area (TPSA) is 86.8 Å². The number of rotatable bonds is 12. The lowest BCUT2D eigenvalue weighted by atomic mass is 10.1. The molecule has 2 amide bonds. The number of amides is 2. The van der Waals surface area contributed by atoms with Crippen LogP contribution in [0.4, 0.5) is 10.1 Å². The first-order valence-corrected chi connectivity index (χ1v) is 13.7. The van der Waals surface area contributed by atoms with Crippen molar-refractivity contribution in [2.75, 3.05) is 17.1 Å². The third-order valence-electron chi connectivity index (χ3n) is 5.97. The van der Waals surface area contributed by atoms with E-state index < -0.39 is 16.1 Å². The zero-order valence-corrected chi connectivity index (χ0v) is 21.9. The third kappa shape index (κ3) is 8.35. The standard InChI is InChI=1S/C26H36FN3O4S/c1-6-20(3)28-26(32)21(4)29(18-22-13-15-23(27)16-14-22)25(31)12-9-17-30(35(5,33)34)24-11-8-7-10-19(24)2/h7-8,10-11,13-16,20-21H,6,9,12,17-18H2,1-5H3,(H,28,32). The monoisotopic (exact) mass is 505 g/mol. The Morgan fingerprint density at radius 1 is 1.06 bits per heavy atom. The summed E-state index contributed by atoms with van der Waals surface area (Å²) in [6.45, 7) is 7.62. The lowest BCUT2D eigenvalue weighted by Crippen LogP contribution is -2.49. The van der Waals surface area contributed by atoms with Gasteiger partial charge in [-0.1, -0.05) is 37.3 Å². The van der Waals surface area contributed by atoms with Gasteiger partial charge in [0, 0.05) is 25.6 Å². The molecular formula is C26H36FN3O4S. The van der Waals surface area contributed by atoms with Crippen LogP contribution in [0, 0.1) is 12.7 Å². The van der Waals surface area contributed by atoms with Crippen molar-refractivity contribution >= 4 is 27.5 Å². The Hall–Kier alpha value is -2.94. The smallest absolute Gasteiger partial charge is 0.242 e. The van der Waals surface area contributed by atoms with E-state index >= 15 is 0 Å². The number of nitrogens with zero attached hydrogens (tertiary/aromatic N) is 2. The van der Waals surface area contributed by atoms with Crippen LogP contribution in [0.3, 0.4) is 0 Å². The Balaban J connectivity index is 2.17. The van der Waals surface area contributed by atoms with E-state index in [0.717, 1.165) is 18.2 Å². The summed E-state index contributed by atoms with van der Waals surface area (Å²) in [5.74, 6) is -0.932. The summed E-state index contributed by atoms with van der Waals surface area (Å²) in [5, 5.41) is 2.90. The van der Waals surface area contributed by atoms with Crippen LogP contribution in [0.15, 0.2) is 48.5 Å². The number of para-hydroxylation sites is 1. The number of benzene rings is 2.